The van der Waals surface area contributed by atoms with Crippen LogP contribution < -0.4 is 10.6 Å². The molecule has 2 N–H and O–H groups in total. The van der Waals surface area contributed by atoms with Crippen LogP contribution in [0.15, 0.2) is 48.5 Å². The second kappa shape index (κ2) is 8.27. The van der Waals surface area contributed by atoms with Gasteiger partial charge in [0.25, 0.3) is 0 Å². The number of piperidine rings is 1. The topological polar surface area (TPSA) is 58.2 Å². The molecular formula is C22H23F3N2O2. The fraction of sp³-hybridized carbons (Fsp3) is 0.364. The standard InChI is InChI=1S/C22H23F3N2O2/c1-13-3-7-15(8-4-13)19(16-9-5-14(2)6-10-16)27-21(29)18-11-17(22(23,24)25)12-26-20(18)28/h3-10,17-19H,11-12H2,1-2H3,(H,26,28)(H,27,29). The molecule has 0 spiro atoms. The Hall–Kier alpha value is -2.83. The van der Waals surface area contributed by atoms with Gasteiger partial charge in [0.1, 0.15) is 5.92 Å². The van der Waals surface area contributed by atoms with Gasteiger partial charge in [-0.15, -0.1) is 0 Å². The van der Waals surface area contributed by atoms with Crippen LogP contribution in [0, 0.1) is 25.7 Å². The van der Waals surface area contributed by atoms with Crippen LogP contribution >= 0.6 is 0 Å². The number of alkyl halides is 3. The van der Waals surface area contributed by atoms with Crippen molar-refractivity contribution < 1.29 is 22.8 Å². The van der Waals surface area contributed by atoms with Crippen molar-refractivity contribution in [3.8, 4) is 0 Å². The quantitative estimate of drug-likeness (QED) is 0.761. The Morgan fingerprint density at radius 2 is 1.48 bits per heavy atom. The molecule has 2 amide bonds. The second-order valence-corrected chi connectivity index (χ2v) is 7.53. The zero-order valence-electron chi connectivity index (χ0n) is 16.2. The van der Waals surface area contributed by atoms with Crippen molar-refractivity contribution in [3.63, 3.8) is 0 Å². The highest BCUT2D eigenvalue weighted by Gasteiger charge is 2.46. The van der Waals surface area contributed by atoms with E-state index in [0.29, 0.717) is 0 Å². The van der Waals surface area contributed by atoms with Gasteiger partial charge < -0.3 is 10.6 Å². The van der Waals surface area contributed by atoms with Gasteiger partial charge in [-0.25, -0.2) is 0 Å². The first-order chi connectivity index (χ1) is 13.6. The largest absolute Gasteiger partial charge is 0.393 e. The van der Waals surface area contributed by atoms with E-state index in [2.05, 4.69) is 10.6 Å². The summed E-state index contributed by atoms with van der Waals surface area (Å²) in [6.07, 6.45) is -5.00. The lowest BCUT2D eigenvalue weighted by Crippen LogP contribution is -2.51. The van der Waals surface area contributed by atoms with E-state index in [1.165, 1.54) is 0 Å². The van der Waals surface area contributed by atoms with Gasteiger partial charge in [0.05, 0.1) is 12.0 Å². The van der Waals surface area contributed by atoms with Crippen molar-refractivity contribution in [2.75, 3.05) is 6.54 Å². The maximum atomic E-state index is 13.1. The normalized spacial score (nSPS) is 19.7. The molecule has 0 saturated carbocycles. The molecule has 7 heteroatoms. The first-order valence-corrected chi connectivity index (χ1v) is 9.43. The molecule has 1 saturated heterocycles. The molecule has 29 heavy (non-hydrogen) atoms. The maximum Gasteiger partial charge on any atom is 0.393 e. The maximum absolute atomic E-state index is 13.1. The van der Waals surface area contributed by atoms with Crippen molar-refractivity contribution in [2.24, 2.45) is 11.8 Å². The van der Waals surface area contributed by atoms with Gasteiger partial charge in [0, 0.05) is 6.54 Å². The number of hydrogen-bond donors (Lipinski definition) is 2. The molecule has 4 nitrogen and oxygen atoms in total. The molecule has 0 aliphatic carbocycles. The lowest BCUT2D eigenvalue weighted by atomic mass is 9.88. The lowest BCUT2D eigenvalue weighted by molar-refractivity contribution is -0.184. The fourth-order valence-electron chi connectivity index (χ4n) is 3.42. The van der Waals surface area contributed by atoms with Crippen molar-refractivity contribution in [1.29, 1.82) is 0 Å². The number of benzene rings is 2. The Balaban J connectivity index is 1.86. The molecule has 0 aromatic heterocycles. The molecule has 2 aromatic rings. The Morgan fingerprint density at radius 3 is 1.93 bits per heavy atom. The molecule has 0 radical (unpaired) electrons. The molecule has 2 unspecified atom stereocenters. The molecule has 1 aliphatic heterocycles. The molecule has 1 heterocycles. The predicted octanol–water partition coefficient (Wildman–Crippen LogP) is 3.82. The summed E-state index contributed by atoms with van der Waals surface area (Å²) in [5, 5.41) is 5.01. The minimum Gasteiger partial charge on any atom is -0.355 e. The summed E-state index contributed by atoms with van der Waals surface area (Å²) in [5.41, 5.74) is 3.66. The van der Waals surface area contributed by atoms with Crippen LogP contribution in [0.4, 0.5) is 13.2 Å². The van der Waals surface area contributed by atoms with Crippen LogP contribution in [-0.4, -0.2) is 24.5 Å². The van der Waals surface area contributed by atoms with Gasteiger partial charge in [0.15, 0.2) is 0 Å². The van der Waals surface area contributed by atoms with Crippen LogP contribution in [0.5, 0.6) is 0 Å². The summed E-state index contributed by atoms with van der Waals surface area (Å²) < 4.78 is 39.3. The third kappa shape index (κ3) is 4.96. The highest BCUT2D eigenvalue weighted by molar-refractivity contribution is 6.01. The Labute approximate surface area is 167 Å². The van der Waals surface area contributed by atoms with Gasteiger partial charge in [0.2, 0.25) is 11.8 Å². The summed E-state index contributed by atoms with van der Waals surface area (Å²) in [7, 11) is 0. The number of hydrogen-bond acceptors (Lipinski definition) is 2. The monoisotopic (exact) mass is 404 g/mol. The predicted molar refractivity (Wildman–Crippen MR) is 103 cm³/mol. The van der Waals surface area contributed by atoms with Gasteiger partial charge in [-0.3, -0.25) is 9.59 Å². The van der Waals surface area contributed by atoms with E-state index in [4.69, 9.17) is 0 Å². The van der Waals surface area contributed by atoms with E-state index in [9.17, 15) is 22.8 Å². The number of amides is 2. The summed E-state index contributed by atoms with van der Waals surface area (Å²) >= 11 is 0. The van der Waals surface area contributed by atoms with Crippen LogP contribution in [0.25, 0.3) is 0 Å². The zero-order chi connectivity index (χ0) is 21.2. The Kier molecular flexibility index (Phi) is 5.96. The SMILES string of the molecule is Cc1ccc(C(NC(=O)C2CC(C(F)(F)F)CNC2=O)c2ccc(C)cc2)cc1. The first-order valence-electron chi connectivity index (χ1n) is 9.43. The van der Waals surface area contributed by atoms with Crippen molar-refractivity contribution in [3.05, 3.63) is 70.8 Å². The van der Waals surface area contributed by atoms with Crippen LogP contribution in [-0.2, 0) is 9.59 Å². The Morgan fingerprint density at radius 1 is 1.00 bits per heavy atom. The zero-order valence-corrected chi connectivity index (χ0v) is 16.2. The smallest absolute Gasteiger partial charge is 0.355 e. The average Bonchev–Trinajstić information content (AvgIpc) is 2.67. The van der Waals surface area contributed by atoms with E-state index in [1.54, 1.807) is 0 Å². The van der Waals surface area contributed by atoms with Gasteiger partial charge in [-0.05, 0) is 31.4 Å². The number of nitrogens with one attached hydrogen (secondary N) is 2. The van der Waals surface area contributed by atoms with Crippen LogP contribution in [0.3, 0.4) is 0 Å². The van der Waals surface area contributed by atoms with Crippen molar-refractivity contribution in [1.82, 2.24) is 10.6 Å². The van der Waals surface area contributed by atoms with Gasteiger partial charge in [-0.2, -0.15) is 13.2 Å². The summed E-state index contributed by atoms with van der Waals surface area (Å²) in [6.45, 7) is 3.38. The van der Waals surface area contributed by atoms with Crippen molar-refractivity contribution >= 4 is 11.8 Å². The minimum absolute atomic E-state index is 0.495. The number of aryl methyl sites for hydroxylation is 2. The minimum atomic E-state index is -4.46. The van der Waals surface area contributed by atoms with E-state index in [-0.39, 0.29) is 0 Å². The number of rotatable bonds is 4. The van der Waals surface area contributed by atoms with E-state index >= 15 is 0 Å². The molecule has 2 atom stereocenters. The molecule has 2 aromatic carbocycles. The summed E-state index contributed by atoms with van der Waals surface area (Å²) in [5.74, 6) is -4.49. The third-order valence-corrected chi connectivity index (χ3v) is 5.25. The average molecular weight is 404 g/mol. The molecule has 3 rings (SSSR count). The fourth-order valence-corrected chi connectivity index (χ4v) is 3.42. The third-order valence-electron chi connectivity index (χ3n) is 5.25. The highest BCUT2D eigenvalue weighted by Crippen LogP contribution is 2.34. The van der Waals surface area contributed by atoms with E-state index in [0.717, 1.165) is 22.3 Å². The number of halogens is 3. The van der Waals surface area contributed by atoms with Gasteiger partial charge in [-0.1, -0.05) is 59.7 Å². The summed E-state index contributed by atoms with van der Waals surface area (Å²) in [6, 6.07) is 14.5. The second-order valence-electron chi connectivity index (χ2n) is 7.53. The lowest BCUT2D eigenvalue weighted by Gasteiger charge is -2.31. The van der Waals surface area contributed by atoms with Crippen LogP contribution in [0.1, 0.15) is 34.7 Å². The highest BCUT2D eigenvalue weighted by atomic mass is 19.4. The van der Waals surface area contributed by atoms with E-state index < -0.39 is 48.8 Å². The van der Waals surface area contributed by atoms with Crippen LogP contribution in [0.2, 0.25) is 0 Å². The van der Waals surface area contributed by atoms with Gasteiger partial charge >= 0.3 is 6.18 Å². The number of carbonyl (C=O) groups is 2. The molecule has 1 fully saturated rings. The van der Waals surface area contributed by atoms with Crippen molar-refractivity contribution in [2.45, 2.75) is 32.5 Å². The molecule has 1 aliphatic rings. The number of carbonyl (C=O) groups excluding carboxylic acids is 2. The summed E-state index contributed by atoms with van der Waals surface area (Å²) in [4.78, 5) is 24.9. The molecule has 0 bridgehead atoms. The molecule has 154 valence electrons. The Bertz CT molecular complexity index is 831. The van der Waals surface area contributed by atoms with E-state index in [1.807, 2.05) is 62.4 Å². The molecular weight excluding hydrogens is 381 g/mol. The first kappa shape index (κ1) is 20.9.